The van der Waals surface area contributed by atoms with E-state index in [2.05, 4.69) is 70.4 Å². The summed E-state index contributed by atoms with van der Waals surface area (Å²) < 4.78 is 7.99. The Balaban J connectivity index is 1.47. The van der Waals surface area contributed by atoms with Gasteiger partial charge in [0.25, 0.3) is 0 Å². The Morgan fingerprint density at radius 2 is 1.74 bits per heavy atom. The Morgan fingerprint density at radius 1 is 1.03 bits per heavy atom. The number of hydrogen-bond acceptors (Lipinski definition) is 3. The standard InChI is InChI=1S/C25H33N5O/c1-3-26-25(28-16-21(2)19-31-20-23-12-8-5-9-13-23)29-17-24-27-14-15-30(24)18-22-10-6-4-7-11-22/h4-15,21H,3,16-20H2,1-2H3,(H2,26,28,29). The monoisotopic (exact) mass is 419 g/mol. The van der Waals surface area contributed by atoms with E-state index >= 15 is 0 Å². The molecule has 0 spiro atoms. The predicted molar refractivity (Wildman–Crippen MR) is 126 cm³/mol. The summed E-state index contributed by atoms with van der Waals surface area (Å²) in [5.41, 5.74) is 2.45. The first-order valence-corrected chi connectivity index (χ1v) is 10.9. The number of imidazole rings is 1. The van der Waals surface area contributed by atoms with E-state index in [0.717, 1.165) is 31.4 Å². The topological polar surface area (TPSA) is 63.5 Å². The highest BCUT2D eigenvalue weighted by Gasteiger charge is 2.07. The molecule has 0 amide bonds. The number of nitrogens with one attached hydrogen (secondary N) is 2. The van der Waals surface area contributed by atoms with Crippen LogP contribution >= 0.6 is 0 Å². The van der Waals surface area contributed by atoms with Crippen LogP contribution in [0, 0.1) is 5.92 Å². The van der Waals surface area contributed by atoms with E-state index in [9.17, 15) is 0 Å². The minimum absolute atomic E-state index is 0.368. The van der Waals surface area contributed by atoms with Crippen molar-refractivity contribution < 1.29 is 4.74 Å². The molecule has 1 aromatic heterocycles. The van der Waals surface area contributed by atoms with Crippen molar-refractivity contribution in [2.45, 2.75) is 33.5 Å². The second kappa shape index (κ2) is 12.5. The Morgan fingerprint density at radius 3 is 2.45 bits per heavy atom. The summed E-state index contributed by atoms with van der Waals surface area (Å²) in [6.07, 6.45) is 3.84. The minimum Gasteiger partial charge on any atom is -0.376 e. The van der Waals surface area contributed by atoms with Crippen molar-refractivity contribution in [2.24, 2.45) is 10.9 Å². The van der Waals surface area contributed by atoms with E-state index in [0.29, 0.717) is 25.7 Å². The molecule has 164 valence electrons. The summed E-state index contributed by atoms with van der Waals surface area (Å²) in [6, 6.07) is 20.7. The largest absolute Gasteiger partial charge is 0.376 e. The minimum atomic E-state index is 0.368. The fourth-order valence-electron chi connectivity index (χ4n) is 3.19. The van der Waals surface area contributed by atoms with Gasteiger partial charge >= 0.3 is 0 Å². The number of hydrogen-bond donors (Lipinski definition) is 2. The first kappa shape index (κ1) is 22.6. The number of guanidine groups is 1. The van der Waals surface area contributed by atoms with E-state index < -0.39 is 0 Å². The van der Waals surface area contributed by atoms with Crippen LogP contribution in [0.15, 0.2) is 78.0 Å². The first-order valence-electron chi connectivity index (χ1n) is 10.9. The third kappa shape index (κ3) is 7.90. The third-order valence-electron chi connectivity index (χ3n) is 4.85. The normalized spacial score (nSPS) is 12.5. The molecule has 31 heavy (non-hydrogen) atoms. The zero-order chi connectivity index (χ0) is 21.7. The van der Waals surface area contributed by atoms with Gasteiger partial charge in [-0.3, -0.25) is 0 Å². The molecule has 3 rings (SSSR count). The SMILES string of the molecule is CCNC(=NCc1nccn1Cc1ccccc1)NCC(C)COCc1ccccc1. The van der Waals surface area contributed by atoms with Crippen LogP contribution in [0.3, 0.4) is 0 Å². The third-order valence-corrected chi connectivity index (χ3v) is 4.85. The maximum absolute atomic E-state index is 5.85. The highest BCUT2D eigenvalue weighted by atomic mass is 16.5. The number of ether oxygens (including phenoxy) is 1. The van der Waals surface area contributed by atoms with Crippen molar-refractivity contribution in [3.63, 3.8) is 0 Å². The van der Waals surface area contributed by atoms with Crippen LogP contribution in [0.1, 0.15) is 30.8 Å². The second-order valence-electron chi connectivity index (χ2n) is 7.64. The number of aliphatic imine (C=N–C) groups is 1. The molecule has 0 aliphatic carbocycles. The highest BCUT2D eigenvalue weighted by Crippen LogP contribution is 2.07. The molecule has 0 aliphatic heterocycles. The lowest BCUT2D eigenvalue weighted by Crippen LogP contribution is -2.40. The van der Waals surface area contributed by atoms with E-state index in [1.54, 1.807) is 0 Å². The summed E-state index contributed by atoms with van der Waals surface area (Å²) in [4.78, 5) is 9.22. The Hall–Kier alpha value is -3.12. The van der Waals surface area contributed by atoms with Gasteiger partial charge in [0.15, 0.2) is 5.96 Å². The molecule has 3 aromatic rings. The summed E-state index contributed by atoms with van der Waals surface area (Å²) in [5.74, 6) is 2.11. The van der Waals surface area contributed by atoms with Gasteiger partial charge < -0.3 is 19.9 Å². The molecule has 0 saturated heterocycles. The summed E-state index contributed by atoms with van der Waals surface area (Å²) in [7, 11) is 0. The lowest BCUT2D eigenvalue weighted by atomic mass is 10.2. The Bertz CT molecular complexity index is 908. The van der Waals surface area contributed by atoms with Gasteiger partial charge in [0.2, 0.25) is 0 Å². The quantitative estimate of drug-likeness (QED) is 0.366. The molecule has 2 N–H and O–H groups in total. The lowest BCUT2D eigenvalue weighted by Gasteiger charge is -2.16. The lowest BCUT2D eigenvalue weighted by molar-refractivity contribution is 0.0931. The second-order valence-corrected chi connectivity index (χ2v) is 7.64. The molecule has 0 fully saturated rings. The smallest absolute Gasteiger partial charge is 0.191 e. The average Bonchev–Trinajstić information content (AvgIpc) is 3.24. The van der Waals surface area contributed by atoms with Gasteiger partial charge in [-0.1, -0.05) is 67.6 Å². The van der Waals surface area contributed by atoms with Crippen LogP contribution in [0.5, 0.6) is 0 Å². The van der Waals surface area contributed by atoms with Gasteiger partial charge in [0, 0.05) is 32.0 Å². The zero-order valence-corrected chi connectivity index (χ0v) is 18.5. The molecule has 0 bridgehead atoms. The van der Waals surface area contributed by atoms with Gasteiger partial charge in [-0.15, -0.1) is 0 Å². The predicted octanol–water partition coefficient (Wildman–Crippen LogP) is 3.84. The van der Waals surface area contributed by atoms with Crippen molar-refractivity contribution in [1.29, 1.82) is 0 Å². The molecular weight excluding hydrogens is 386 g/mol. The van der Waals surface area contributed by atoms with E-state index in [4.69, 9.17) is 9.73 Å². The van der Waals surface area contributed by atoms with Crippen molar-refractivity contribution in [1.82, 2.24) is 20.2 Å². The molecule has 1 unspecified atom stereocenters. The summed E-state index contributed by atoms with van der Waals surface area (Å²) >= 11 is 0. The van der Waals surface area contributed by atoms with Crippen molar-refractivity contribution in [3.8, 4) is 0 Å². The van der Waals surface area contributed by atoms with Crippen LogP contribution in [0.4, 0.5) is 0 Å². The van der Waals surface area contributed by atoms with E-state index in [-0.39, 0.29) is 0 Å². The van der Waals surface area contributed by atoms with Crippen molar-refractivity contribution >= 4 is 5.96 Å². The molecule has 2 aromatic carbocycles. The van der Waals surface area contributed by atoms with Crippen molar-refractivity contribution in [2.75, 3.05) is 19.7 Å². The Labute approximate surface area is 185 Å². The average molecular weight is 420 g/mol. The van der Waals surface area contributed by atoms with Crippen LogP contribution in [0.25, 0.3) is 0 Å². The molecule has 0 radical (unpaired) electrons. The summed E-state index contributed by atoms with van der Waals surface area (Å²) in [5, 5.41) is 6.74. The fraction of sp³-hybridized carbons (Fsp3) is 0.360. The van der Waals surface area contributed by atoms with Crippen LogP contribution in [-0.2, 0) is 24.4 Å². The van der Waals surface area contributed by atoms with E-state index in [1.807, 2.05) is 36.7 Å². The zero-order valence-electron chi connectivity index (χ0n) is 18.5. The highest BCUT2D eigenvalue weighted by molar-refractivity contribution is 5.79. The molecule has 1 atom stereocenters. The van der Waals surface area contributed by atoms with Crippen molar-refractivity contribution in [3.05, 3.63) is 90.0 Å². The number of nitrogens with zero attached hydrogens (tertiary/aromatic N) is 3. The maximum Gasteiger partial charge on any atom is 0.191 e. The van der Waals surface area contributed by atoms with Crippen LogP contribution < -0.4 is 10.6 Å². The number of aromatic nitrogens is 2. The van der Waals surface area contributed by atoms with Gasteiger partial charge in [0.05, 0.1) is 13.2 Å². The van der Waals surface area contributed by atoms with Gasteiger partial charge in [-0.25, -0.2) is 9.98 Å². The van der Waals surface area contributed by atoms with Gasteiger partial charge in [0.1, 0.15) is 12.4 Å². The first-order chi connectivity index (χ1) is 15.2. The maximum atomic E-state index is 5.85. The molecular formula is C25H33N5O. The molecule has 0 aliphatic rings. The van der Waals surface area contributed by atoms with Crippen LogP contribution in [-0.4, -0.2) is 35.2 Å². The number of benzene rings is 2. The molecule has 6 heteroatoms. The molecule has 1 heterocycles. The van der Waals surface area contributed by atoms with Gasteiger partial charge in [-0.2, -0.15) is 0 Å². The van der Waals surface area contributed by atoms with Crippen LogP contribution in [0.2, 0.25) is 0 Å². The summed E-state index contributed by atoms with van der Waals surface area (Å²) in [6.45, 7) is 8.50. The van der Waals surface area contributed by atoms with E-state index in [1.165, 1.54) is 11.1 Å². The Kier molecular flexibility index (Phi) is 9.13. The molecule has 6 nitrogen and oxygen atoms in total. The fourth-order valence-corrected chi connectivity index (χ4v) is 3.19. The molecule has 0 saturated carbocycles. The number of rotatable bonds is 11. The van der Waals surface area contributed by atoms with Gasteiger partial charge in [-0.05, 0) is 24.0 Å².